The number of carbonyl (C=O) groups is 1. The molecule has 0 aliphatic rings. The van der Waals surface area contributed by atoms with Crippen LogP contribution in [0.3, 0.4) is 0 Å². The molecule has 0 saturated carbocycles. The maximum atomic E-state index is 11.0. The summed E-state index contributed by atoms with van der Waals surface area (Å²) in [6.45, 7) is 1.45. The molecule has 0 spiro atoms. The molecule has 0 heterocycles. The van der Waals surface area contributed by atoms with E-state index in [1.807, 2.05) is 6.07 Å². The highest BCUT2D eigenvalue weighted by molar-refractivity contribution is 7.81. The van der Waals surface area contributed by atoms with Crippen LogP contribution in [-0.4, -0.2) is 5.78 Å². The Balaban J connectivity index is 3.20. The highest BCUT2D eigenvalue weighted by Gasteiger charge is 2.17. The van der Waals surface area contributed by atoms with Crippen LogP contribution in [0, 0.1) is 0 Å². The van der Waals surface area contributed by atoms with Crippen LogP contribution in [0.25, 0.3) is 0 Å². The van der Waals surface area contributed by atoms with E-state index in [4.69, 9.17) is 11.6 Å². The SMILES string of the molecule is CC(=O)C(Cl)c1c(S)cccc1S. The minimum absolute atomic E-state index is 0.0986. The second kappa shape index (κ2) is 4.40. The highest BCUT2D eigenvalue weighted by Crippen LogP contribution is 2.32. The fourth-order valence-electron chi connectivity index (χ4n) is 1.00. The standard InChI is InChI=1S/C9H9ClOS2/c1-5(11)9(10)8-6(12)3-2-4-7(8)13/h2-4,9,12-13H,1H3. The fourth-order valence-corrected chi connectivity index (χ4v) is 2.15. The van der Waals surface area contributed by atoms with Gasteiger partial charge < -0.3 is 0 Å². The van der Waals surface area contributed by atoms with Crippen molar-refractivity contribution in [2.45, 2.75) is 22.1 Å². The van der Waals surface area contributed by atoms with Crippen molar-refractivity contribution in [2.24, 2.45) is 0 Å². The zero-order valence-electron chi connectivity index (χ0n) is 6.99. The molecule has 0 saturated heterocycles. The molecule has 0 aromatic heterocycles. The molecular formula is C9H9ClOS2. The van der Waals surface area contributed by atoms with Gasteiger partial charge in [0.25, 0.3) is 0 Å². The number of hydrogen-bond acceptors (Lipinski definition) is 3. The van der Waals surface area contributed by atoms with Gasteiger partial charge in [0.05, 0.1) is 0 Å². The molecule has 0 amide bonds. The van der Waals surface area contributed by atoms with Crippen LogP contribution in [0.2, 0.25) is 0 Å². The number of alkyl halides is 1. The van der Waals surface area contributed by atoms with Crippen LogP contribution in [-0.2, 0) is 4.79 Å². The third-order valence-electron chi connectivity index (χ3n) is 1.67. The van der Waals surface area contributed by atoms with Crippen LogP contribution < -0.4 is 0 Å². The molecule has 0 radical (unpaired) electrons. The predicted octanol–water partition coefficient (Wildman–Crippen LogP) is 3.13. The second-order valence-corrected chi connectivity index (χ2v) is 4.08. The Bertz CT molecular complexity index is 318. The lowest BCUT2D eigenvalue weighted by molar-refractivity contribution is -0.116. The zero-order chi connectivity index (χ0) is 10.0. The van der Waals surface area contributed by atoms with Gasteiger partial charge in [0.2, 0.25) is 0 Å². The van der Waals surface area contributed by atoms with Crippen LogP contribution >= 0.6 is 36.9 Å². The van der Waals surface area contributed by atoms with Gasteiger partial charge in [-0.1, -0.05) is 6.07 Å². The molecule has 1 rings (SSSR count). The first-order chi connectivity index (χ1) is 6.04. The summed E-state index contributed by atoms with van der Waals surface area (Å²) in [5, 5.41) is -0.652. The maximum absolute atomic E-state index is 11.0. The lowest BCUT2D eigenvalue weighted by atomic mass is 10.1. The molecule has 0 aliphatic carbocycles. The van der Waals surface area contributed by atoms with E-state index in [2.05, 4.69) is 25.3 Å². The molecule has 13 heavy (non-hydrogen) atoms. The van der Waals surface area contributed by atoms with Crippen molar-refractivity contribution in [2.75, 3.05) is 0 Å². The molecule has 1 atom stereocenters. The molecule has 0 N–H and O–H groups in total. The normalized spacial score (nSPS) is 12.6. The Morgan fingerprint density at radius 2 is 1.85 bits per heavy atom. The van der Waals surface area contributed by atoms with Crippen LogP contribution in [0.1, 0.15) is 17.9 Å². The van der Waals surface area contributed by atoms with Gasteiger partial charge in [-0.05, 0) is 19.1 Å². The molecule has 4 heteroatoms. The largest absolute Gasteiger partial charge is 0.298 e. The van der Waals surface area contributed by atoms with E-state index in [0.717, 1.165) is 0 Å². The Morgan fingerprint density at radius 1 is 1.38 bits per heavy atom. The summed E-state index contributed by atoms with van der Waals surface area (Å²) in [4.78, 5) is 12.4. The molecule has 70 valence electrons. The van der Waals surface area contributed by atoms with Crippen molar-refractivity contribution >= 4 is 42.6 Å². The van der Waals surface area contributed by atoms with Gasteiger partial charge in [-0.15, -0.1) is 36.9 Å². The number of carbonyl (C=O) groups excluding carboxylic acids is 1. The van der Waals surface area contributed by atoms with Gasteiger partial charge >= 0.3 is 0 Å². The summed E-state index contributed by atoms with van der Waals surface area (Å²) in [7, 11) is 0. The minimum Gasteiger partial charge on any atom is -0.298 e. The number of benzene rings is 1. The van der Waals surface area contributed by atoms with Crippen LogP contribution in [0.15, 0.2) is 28.0 Å². The minimum atomic E-state index is -0.652. The van der Waals surface area contributed by atoms with Crippen LogP contribution in [0.4, 0.5) is 0 Å². The number of ketones is 1. The van der Waals surface area contributed by atoms with Gasteiger partial charge in [0, 0.05) is 15.4 Å². The van der Waals surface area contributed by atoms with Crippen molar-refractivity contribution in [3.8, 4) is 0 Å². The number of hydrogen-bond donors (Lipinski definition) is 2. The first kappa shape index (κ1) is 11.0. The molecule has 1 aromatic rings. The molecule has 1 nitrogen and oxygen atoms in total. The third kappa shape index (κ3) is 2.42. The number of Topliss-reactive ketones (excluding diaryl/α,β-unsaturated/α-hetero) is 1. The summed E-state index contributed by atoms with van der Waals surface area (Å²) in [5.74, 6) is -0.0986. The number of rotatable bonds is 2. The summed E-state index contributed by atoms with van der Waals surface area (Å²) >= 11 is 14.3. The lowest BCUT2D eigenvalue weighted by Crippen LogP contribution is -2.03. The second-order valence-electron chi connectivity index (χ2n) is 2.68. The van der Waals surface area contributed by atoms with Gasteiger partial charge in [0.1, 0.15) is 5.38 Å². The topological polar surface area (TPSA) is 17.1 Å². The molecular weight excluding hydrogens is 224 g/mol. The summed E-state index contributed by atoms with van der Waals surface area (Å²) < 4.78 is 0. The molecule has 0 aliphatic heterocycles. The number of halogens is 1. The summed E-state index contributed by atoms with van der Waals surface area (Å²) in [6, 6.07) is 5.39. The van der Waals surface area contributed by atoms with Gasteiger partial charge in [0.15, 0.2) is 5.78 Å². The quantitative estimate of drug-likeness (QED) is 0.592. The van der Waals surface area contributed by atoms with Crippen molar-refractivity contribution in [3.05, 3.63) is 23.8 Å². The maximum Gasteiger partial charge on any atom is 0.152 e. The average molecular weight is 233 g/mol. The van der Waals surface area contributed by atoms with Crippen molar-refractivity contribution < 1.29 is 4.79 Å². The first-order valence-electron chi connectivity index (χ1n) is 3.69. The van der Waals surface area contributed by atoms with Gasteiger partial charge in [-0.3, -0.25) is 4.79 Å². The summed E-state index contributed by atoms with van der Waals surface area (Å²) in [5.41, 5.74) is 0.684. The van der Waals surface area contributed by atoms with Crippen molar-refractivity contribution in [1.29, 1.82) is 0 Å². The smallest absolute Gasteiger partial charge is 0.152 e. The molecule has 0 fully saturated rings. The zero-order valence-corrected chi connectivity index (χ0v) is 9.53. The predicted molar refractivity (Wildman–Crippen MR) is 60.2 cm³/mol. The highest BCUT2D eigenvalue weighted by atomic mass is 35.5. The Kier molecular flexibility index (Phi) is 3.71. The van der Waals surface area contributed by atoms with E-state index in [1.165, 1.54) is 6.92 Å². The van der Waals surface area contributed by atoms with E-state index < -0.39 is 5.38 Å². The Labute approximate surface area is 93.3 Å². The lowest BCUT2D eigenvalue weighted by Gasteiger charge is -2.11. The average Bonchev–Trinajstić information content (AvgIpc) is 2.03. The first-order valence-corrected chi connectivity index (χ1v) is 5.02. The molecule has 1 aromatic carbocycles. The number of thiol groups is 2. The van der Waals surface area contributed by atoms with E-state index >= 15 is 0 Å². The van der Waals surface area contributed by atoms with Crippen LogP contribution in [0.5, 0.6) is 0 Å². The van der Waals surface area contributed by atoms with Gasteiger partial charge in [-0.25, -0.2) is 0 Å². The Morgan fingerprint density at radius 3 is 2.23 bits per heavy atom. The fraction of sp³-hybridized carbons (Fsp3) is 0.222. The van der Waals surface area contributed by atoms with E-state index in [-0.39, 0.29) is 5.78 Å². The van der Waals surface area contributed by atoms with E-state index in [9.17, 15) is 4.79 Å². The van der Waals surface area contributed by atoms with E-state index in [1.54, 1.807) is 12.1 Å². The summed E-state index contributed by atoms with van der Waals surface area (Å²) in [6.07, 6.45) is 0. The monoisotopic (exact) mass is 232 g/mol. The van der Waals surface area contributed by atoms with Gasteiger partial charge in [-0.2, -0.15) is 0 Å². The van der Waals surface area contributed by atoms with Crippen molar-refractivity contribution in [1.82, 2.24) is 0 Å². The molecule has 0 bridgehead atoms. The Hall–Kier alpha value is -0.120. The molecule has 1 unspecified atom stereocenters. The van der Waals surface area contributed by atoms with E-state index in [0.29, 0.717) is 15.4 Å². The van der Waals surface area contributed by atoms with Crippen molar-refractivity contribution in [3.63, 3.8) is 0 Å². The third-order valence-corrected chi connectivity index (χ3v) is 2.98.